The Morgan fingerprint density at radius 3 is 1.32 bits per heavy atom. The van der Waals surface area contributed by atoms with E-state index in [1.54, 1.807) is 8.87 Å². The van der Waals surface area contributed by atoms with Gasteiger partial charge < -0.3 is 11.0 Å². The van der Waals surface area contributed by atoms with Crippen LogP contribution in [0.3, 0.4) is 0 Å². The molecule has 0 aromatic rings. The van der Waals surface area contributed by atoms with Gasteiger partial charge in [0.25, 0.3) is 0 Å². The van der Waals surface area contributed by atoms with Gasteiger partial charge in [0.05, 0.1) is 0 Å². The second kappa shape index (κ2) is 22.7. The normalized spacial score (nSPS) is 9.79. The van der Waals surface area contributed by atoms with Crippen molar-refractivity contribution in [1.29, 1.82) is 0 Å². The van der Waals surface area contributed by atoms with Crippen molar-refractivity contribution in [3.8, 4) is 0 Å². The van der Waals surface area contributed by atoms with Crippen LogP contribution in [-0.4, -0.2) is 47.1 Å². The second-order valence-electron chi connectivity index (χ2n) is 4.18. The van der Waals surface area contributed by atoms with Gasteiger partial charge in [-0.25, -0.2) is 0 Å². The van der Waals surface area contributed by atoms with Crippen LogP contribution in [-0.2, 0) is 0 Å². The molecule has 0 bridgehead atoms. The van der Waals surface area contributed by atoms with Gasteiger partial charge in [0.2, 0.25) is 0 Å². The Morgan fingerprint density at radius 2 is 1.11 bits per heavy atom. The number of unbranched alkanes of at least 4 members (excludes halogenated alkanes) is 3. The topological polar surface area (TPSA) is 63.0 Å². The van der Waals surface area contributed by atoms with Crippen LogP contribution in [0.15, 0.2) is 0 Å². The fourth-order valence-corrected chi connectivity index (χ4v) is 10.1. The molecular weight excluding hydrogens is 520 g/mol. The summed E-state index contributed by atoms with van der Waals surface area (Å²) >= 11 is -2.74. The molecule has 19 heavy (non-hydrogen) atoms. The molecule has 0 rings (SSSR count). The summed E-state index contributed by atoms with van der Waals surface area (Å²) in [5.74, 6) is 0. The van der Waals surface area contributed by atoms with E-state index in [0.29, 0.717) is 0 Å². The third-order valence-electron chi connectivity index (χ3n) is 2.23. The molecule has 0 aromatic carbocycles. The molecule has 0 aliphatic carbocycles. The van der Waals surface area contributed by atoms with Gasteiger partial charge >= 0.3 is 136 Å². The van der Waals surface area contributed by atoms with E-state index in [9.17, 15) is 0 Å². The van der Waals surface area contributed by atoms with Crippen molar-refractivity contribution < 1.29 is 11.0 Å². The van der Waals surface area contributed by atoms with E-state index in [1.165, 1.54) is 25.7 Å². The molecule has 0 heterocycles. The predicted molar refractivity (Wildman–Crippen MR) is 95.4 cm³/mol. The van der Waals surface area contributed by atoms with Gasteiger partial charge in [0.1, 0.15) is 0 Å². The monoisotopic (exact) mass is 552 g/mol. The van der Waals surface area contributed by atoms with E-state index >= 15 is 0 Å². The smallest absolute Gasteiger partial charge is 0.412 e. The largest absolute Gasteiger partial charge is 0.412 e. The van der Waals surface area contributed by atoms with Gasteiger partial charge in [-0.05, 0) is 0 Å². The average Bonchev–Trinajstić information content (AvgIpc) is 2.26. The number of rotatable bonds is 9. The number of hydrogen-bond donors (Lipinski definition) is 0. The molecule has 0 saturated heterocycles. The van der Waals surface area contributed by atoms with E-state index in [1.807, 2.05) is 0 Å². The minimum Gasteiger partial charge on any atom is -0.412 e. The van der Waals surface area contributed by atoms with Gasteiger partial charge in [-0.1, -0.05) is 0 Å². The summed E-state index contributed by atoms with van der Waals surface area (Å²) in [5.41, 5.74) is 0. The van der Waals surface area contributed by atoms with Gasteiger partial charge in [-0.3, -0.25) is 0 Å². The third-order valence-corrected chi connectivity index (χ3v) is 12.7. The molecule has 0 amide bonds. The summed E-state index contributed by atoms with van der Waals surface area (Å²) in [6.45, 7) is 6.68. The molecule has 120 valence electrons. The van der Waals surface area contributed by atoms with E-state index in [-0.39, 0.29) is 32.1 Å². The first-order valence-corrected chi connectivity index (χ1v) is 23.6. The van der Waals surface area contributed by atoms with Crippen LogP contribution in [0, 0.1) is 0 Å². The standard InChI is InChI=1S/3C4H9.3ClH.2H2O.2Sn/c3*1-3-4-2;;;;;;;/h3*1,3-4H2,2H3;3*1H;2*1H2;;/q;;;;;;;;;+3/p-3. The fraction of sp³-hybridized carbons (Fsp3) is 1.00. The first kappa shape index (κ1) is 29.4. The van der Waals surface area contributed by atoms with Gasteiger partial charge in [-0.15, -0.1) is 0 Å². The van der Waals surface area contributed by atoms with Crippen LogP contribution >= 0.6 is 26.8 Å². The van der Waals surface area contributed by atoms with Crippen LogP contribution in [0.5, 0.6) is 0 Å². The Labute approximate surface area is 145 Å². The Balaban J connectivity index is -0.000000108. The Hall–Kier alpha value is 2.39. The zero-order chi connectivity index (χ0) is 13.6. The molecule has 0 fully saturated rings. The SMILES string of the molecule is CCC[CH2][Sn]([Cl])([Cl])[Cl].CCC[CH2][Sn][CH2]CCC.O.O. The zero-order valence-corrected chi connectivity index (χ0v) is 20.5. The summed E-state index contributed by atoms with van der Waals surface area (Å²) in [4.78, 5) is 0. The maximum Gasteiger partial charge on any atom is -0.412 e. The quantitative estimate of drug-likeness (QED) is 0.289. The molecule has 0 spiro atoms. The minimum atomic E-state index is -2.89. The van der Waals surface area contributed by atoms with E-state index in [2.05, 4.69) is 20.8 Å². The van der Waals surface area contributed by atoms with Gasteiger partial charge in [0, 0.05) is 0 Å². The van der Waals surface area contributed by atoms with Crippen molar-refractivity contribution in [3.63, 3.8) is 0 Å². The molecule has 2 radical (unpaired) electrons. The molecule has 0 aliphatic rings. The van der Waals surface area contributed by atoms with Crippen molar-refractivity contribution >= 4 is 62.9 Å². The summed E-state index contributed by atoms with van der Waals surface area (Å²) in [6.07, 6.45) is 8.04. The van der Waals surface area contributed by atoms with Crippen LogP contribution in [0.2, 0.25) is 13.3 Å². The molecule has 0 aromatic heterocycles. The van der Waals surface area contributed by atoms with Gasteiger partial charge in [-0.2, -0.15) is 0 Å². The van der Waals surface area contributed by atoms with Crippen LogP contribution in [0.1, 0.15) is 59.3 Å². The van der Waals surface area contributed by atoms with Crippen molar-refractivity contribution in [2.75, 3.05) is 0 Å². The number of halogens is 3. The Bertz CT molecular complexity index is 141. The Kier molecular flexibility index (Phi) is 35.1. The van der Waals surface area contributed by atoms with Crippen molar-refractivity contribution in [2.45, 2.75) is 72.6 Å². The van der Waals surface area contributed by atoms with Crippen molar-refractivity contribution in [2.24, 2.45) is 0 Å². The first-order valence-electron chi connectivity index (χ1n) is 6.75. The molecule has 0 aliphatic heterocycles. The fourth-order valence-electron chi connectivity index (χ4n) is 1.11. The molecule has 7 heteroatoms. The molecule has 4 N–H and O–H groups in total. The third kappa shape index (κ3) is 38.5. The molecular formula is C12H31Cl3O2Sn2. The number of hydrogen-bond acceptors (Lipinski definition) is 0. The first-order chi connectivity index (χ1) is 7.97. The summed E-state index contributed by atoms with van der Waals surface area (Å²) in [7, 11) is 17.0. The van der Waals surface area contributed by atoms with Gasteiger partial charge in [0.15, 0.2) is 0 Å². The Morgan fingerprint density at radius 1 is 0.737 bits per heavy atom. The second-order valence-corrected chi connectivity index (χ2v) is 30.3. The van der Waals surface area contributed by atoms with Crippen LogP contribution in [0.4, 0.5) is 0 Å². The molecule has 0 saturated carbocycles. The van der Waals surface area contributed by atoms with Crippen LogP contribution in [0.25, 0.3) is 0 Å². The predicted octanol–water partition coefficient (Wildman–Crippen LogP) is 4.92. The molecule has 2 nitrogen and oxygen atoms in total. The maximum absolute atomic E-state index is 5.65. The van der Waals surface area contributed by atoms with Crippen molar-refractivity contribution in [3.05, 3.63) is 0 Å². The zero-order valence-electron chi connectivity index (χ0n) is 12.5. The van der Waals surface area contributed by atoms with E-state index in [4.69, 9.17) is 26.8 Å². The average molecular weight is 551 g/mol. The van der Waals surface area contributed by atoms with Crippen LogP contribution < -0.4 is 0 Å². The molecule has 0 atom stereocenters. The minimum absolute atomic E-state index is 0. The maximum atomic E-state index is 5.65. The summed E-state index contributed by atoms with van der Waals surface area (Å²) < 4.78 is 4.12. The summed E-state index contributed by atoms with van der Waals surface area (Å²) in [5, 5.41) is 0. The van der Waals surface area contributed by atoms with E-state index in [0.717, 1.165) is 17.3 Å². The summed E-state index contributed by atoms with van der Waals surface area (Å²) in [6, 6.07) is 0. The van der Waals surface area contributed by atoms with E-state index < -0.39 is 15.0 Å². The van der Waals surface area contributed by atoms with Crippen molar-refractivity contribution in [1.82, 2.24) is 0 Å². The molecule has 0 unspecified atom stereocenters.